The van der Waals surface area contributed by atoms with Gasteiger partial charge in [-0.2, -0.15) is 0 Å². The van der Waals surface area contributed by atoms with Gasteiger partial charge in [-0.3, -0.25) is 10.2 Å². The molecule has 1 aliphatic heterocycles. The Morgan fingerprint density at radius 2 is 1.90 bits per heavy atom. The Kier molecular flexibility index (Phi) is 7.40. The van der Waals surface area contributed by atoms with Gasteiger partial charge < -0.3 is 15.4 Å². The lowest BCUT2D eigenvalue weighted by molar-refractivity contribution is -0.146. The number of rotatable bonds is 7. The minimum absolute atomic E-state index is 0.00686. The molecule has 0 aromatic heterocycles. The number of allylic oxidation sites excluding steroid dienone is 1. The molecule has 2 atom stereocenters. The van der Waals surface area contributed by atoms with Gasteiger partial charge >= 0.3 is 5.97 Å². The molecule has 0 saturated heterocycles. The summed E-state index contributed by atoms with van der Waals surface area (Å²) in [7, 11) is 0. The SMILES string of the molecule is CC1=C(C(N)=O)SC(c2ccc(Cl)cc2)N1CC(C)CC(=N)C(=O)OC(C)(C)C. The predicted octanol–water partition coefficient (Wildman–Crippen LogP) is 4.49. The lowest BCUT2D eigenvalue weighted by Gasteiger charge is -2.30. The molecular formula is C21H28ClN3O3S. The number of amides is 1. The Bertz CT molecular complexity index is 831. The number of ether oxygens (including phenoxy) is 1. The fraction of sp³-hybridized carbons (Fsp3) is 0.476. The Labute approximate surface area is 181 Å². The van der Waals surface area contributed by atoms with E-state index in [9.17, 15) is 9.59 Å². The molecule has 0 bridgehead atoms. The lowest BCUT2D eigenvalue weighted by Crippen LogP contribution is -2.32. The second-order valence-electron chi connectivity index (χ2n) is 8.24. The number of primary amides is 1. The van der Waals surface area contributed by atoms with Crippen LogP contribution in [0.3, 0.4) is 0 Å². The van der Waals surface area contributed by atoms with Gasteiger partial charge in [-0.05, 0) is 51.3 Å². The molecule has 0 fully saturated rings. The molecule has 1 aliphatic rings. The van der Waals surface area contributed by atoms with E-state index in [-0.39, 0.29) is 23.4 Å². The standard InChI is InChI=1S/C21H28ClN3O3S/c1-12(10-16(23)20(27)28-21(3,4)5)11-25-13(2)17(18(24)26)29-19(25)14-6-8-15(22)9-7-14/h6-9,12,19,23H,10-11H2,1-5H3,(H2,24,26). The highest BCUT2D eigenvalue weighted by Gasteiger charge is 2.35. The van der Waals surface area contributed by atoms with E-state index in [0.29, 0.717) is 16.5 Å². The largest absolute Gasteiger partial charge is 0.456 e. The van der Waals surface area contributed by atoms with Crippen LogP contribution in [0.5, 0.6) is 0 Å². The van der Waals surface area contributed by atoms with Crippen molar-refractivity contribution in [1.82, 2.24) is 4.90 Å². The van der Waals surface area contributed by atoms with Crippen molar-refractivity contribution in [3.8, 4) is 0 Å². The third-order valence-electron chi connectivity index (χ3n) is 4.36. The van der Waals surface area contributed by atoms with E-state index in [1.54, 1.807) is 20.8 Å². The second-order valence-corrected chi connectivity index (χ2v) is 9.77. The van der Waals surface area contributed by atoms with E-state index in [1.165, 1.54) is 11.8 Å². The summed E-state index contributed by atoms with van der Waals surface area (Å²) in [4.78, 5) is 26.6. The third kappa shape index (κ3) is 6.24. The average molecular weight is 438 g/mol. The number of thioether (sulfide) groups is 1. The number of hydrogen-bond acceptors (Lipinski definition) is 6. The molecule has 0 radical (unpaired) electrons. The number of nitrogens with zero attached hydrogens (tertiary/aromatic N) is 1. The first-order valence-electron chi connectivity index (χ1n) is 9.39. The molecule has 0 spiro atoms. The summed E-state index contributed by atoms with van der Waals surface area (Å²) in [5.74, 6) is -1.06. The van der Waals surface area contributed by atoms with E-state index in [2.05, 4.69) is 4.90 Å². The van der Waals surface area contributed by atoms with Crippen LogP contribution in [-0.4, -0.2) is 34.6 Å². The molecule has 8 heteroatoms. The van der Waals surface area contributed by atoms with Crippen molar-refractivity contribution in [3.63, 3.8) is 0 Å². The molecule has 6 nitrogen and oxygen atoms in total. The molecule has 1 amide bonds. The zero-order valence-electron chi connectivity index (χ0n) is 17.4. The van der Waals surface area contributed by atoms with Gasteiger partial charge in [-0.15, -0.1) is 0 Å². The third-order valence-corrected chi connectivity index (χ3v) is 6.09. The molecule has 2 unspecified atom stereocenters. The van der Waals surface area contributed by atoms with E-state index in [1.807, 2.05) is 38.1 Å². The first kappa shape index (κ1) is 23.3. The van der Waals surface area contributed by atoms with Crippen molar-refractivity contribution in [1.29, 1.82) is 5.41 Å². The number of nitrogens with one attached hydrogen (secondary N) is 1. The highest BCUT2D eigenvalue weighted by molar-refractivity contribution is 8.04. The lowest BCUT2D eigenvalue weighted by atomic mass is 10.0. The van der Waals surface area contributed by atoms with Crippen LogP contribution < -0.4 is 5.73 Å². The van der Waals surface area contributed by atoms with Crippen LogP contribution in [-0.2, 0) is 14.3 Å². The fourth-order valence-electron chi connectivity index (χ4n) is 3.08. The zero-order valence-corrected chi connectivity index (χ0v) is 19.0. The van der Waals surface area contributed by atoms with E-state index in [0.717, 1.165) is 11.3 Å². The Hall–Kier alpha value is -1.99. The number of hydrogen-bond donors (Lipinski definition) is 2. The normalized spacial score (nSPS) is 18.0. The molecule has 2 rings (SSSR count). The maximum absolute atomic E-state index is 12.1. The monoisotopic (exact) mass is 437 g/mol. The molecule has 29 heavy (non-hydrogen) atoms. The van der Waals surface area contributed by atoms with Crippen LogP contribution in [0.2, 0.25) is 5.02 Å². The van der Waals surface area contributed by atoms with Gasteiger partial charge in [-0.25, -0.2) is 4.79 Å². The number of halogens is 1. The number of benzene rings is 1. The van der Waals surface area contributed by atoms with Crippen LogP contribution in [0, 0.1) is 11.3 Å². The molecule has 3 N–H and O–H groups in total. The summed E-state index contributed by atoms with van der Waals surface area (Å²) in [6, 6.07) is 7.49. The Morgan fingerprint density at radius 1 is 1.31 bits per heavy atom. The average Bonchev–Trinajstić information content (AvgIpc) is 2.91. The van der Waals surface area contributed by atoms with Crippen molar-refractivity contribution in [2.75, 3.05) is 6.54 Å². The topological polar surface area (TPSA) is 96.5 Å². The maximum Gasteiger partial charge on any atom is 0.352 e. The van der Waals surface area contributed by atoms with E-state index >= 15 is 0 Å². The summed E-state index contributed by atoms with van der Waals surface area (Å²) in [5, 5.41) is 8.60. The van der Waals surface area contributed by atoms with Crippen molar-refractivity contribution in [2.45, 2.75) is 52.0 Å². The summed E-state index contributed by atoms with van der Waals surface area (Å²) < 4.78 is 5.28. The van der Waals surface area contributed by atoms with Gasteiger partial charge in [0.25, 0.3) is 5.91 Å². The fourth-order valence-corrected chi connectivity index (χ4v) is 4.50. The second kappa shape index (κ2) is 9.22. The summed E-state index contributed by atoms with van der Waals surface area (Å²) in [6.45, 7) is 9.74. The van der Waals surface area contributed by atoms with Crippen LogP contribution in [0.25, 0.3) is 0 Å². The maximum atomic E-state index is 12.1. The number of carbonyl (C=O) groups excluding carboxylic acids is 2. The quantitative estimate of drug-likeness (QED) is 0.483. The zero-order chi connectivity index (χ0) is 21.9. The van der Waals surface area contributed by atoms with Crippen molar-refractivity contribution >= 4 is 41.0 Å². The van der Waals surface area contributed by atoms with Crippen molar-refractivity contribution in [3.05, 3.63) is 45.5 Å². The highest BCUT2D eigenvalue weighted by Crippen LogP contribution is 2.47. The van der Waals surface area contributed by atoms with Crippen LogP contribution >= 0.6 is 23.4 Å². The smallest absolute Gasteiger partial charge is 0.352 e. The molecule has 158 valence electrons. The van der Waals surface area contributed by atoms with Gasteiger partial charge in [0.2, 0.25) is 0 Å². The Balaban J connectivity index is 2.15. The van der Waals surface area contributed by atoms with E-state index < -0.39 is 17.5 Å². The molecule has 1 aromatic carbocycles. The molecular weight excluding hydrogens is 410 g/mol. The van der Waals surface area contributed by atoms with E-state index in [4.69, 9.17) is 27.5 Å². The Morgan fingerprint density at radius 3 is 2.41 bits per heavy atom. The molecule has 1 aromatic rings. The number of esters is 1. The van der Waals surface area contributed by atoms with Gasteiger partial charge in [0.05, 0.1) is 4.91 Å². The van der Waals surface area contributed by atoms with Crippen LogP contribution in [0.4, 0.5) is 0 Å². The van der Waals surface area contributed by atoms with Crippen LogP contribution in [0.1, 0.15) is 52.0 Å². The highest BCUT2D eigenvalue weighted by atomic mass is 35.5. The number of nitrogens with two attached hydrogens (primary N) is 1. The molecule has 1 heterocycles. The summed E-state index contributed by atoms with van der Waals surface area (Å²) in [6.07, 6.45) is 0.280. The molecule has 0 aliphatic carbocycles. The van der Waals surface area contributed by atoms with Gasteiger partial charge in [0.1, 0.15) is 16.7 Å². The number of carbonyl (C=O) groups is 2. The molecule has 0 saturated carbocycles. The van der Waals surface area contributed by atoms with Gasteiger partial charge in [0, 0.05) is 23.7 Å². The van der Waals surface area contributed by atoms with Gasteiger partial charge in [0.15, 0.2) is 0 Å². The minimum Gasteiger partial charge on any atom is -0.456 e. The van der Waals surface area contributed by atoms with Gasteiger partial charge in [-0.1, -0.05) is 42.4 Å². The first-order chi connectivity index (χ1) is 13.4. The van der Waals surface area contributed by atoms with Crippen LogP contribution in [0.15, 0.2) is 34.9 Å². The summed E-state index contributed by atoms with van der Waals surface area (Å²) in [5.41, 5.74) is 6.68. The minimum atomic E-state index is -0.631. The first-order valence-corrected chi connectivity index (χ1v) is 10.6. The van der Waals surface area contributed by atoms with Crippen molar-refractivity contribution < 1.29 is 14.3 Å². The predicted molar refractivity (Wildman–Crippen MR) is 118 cm³/mol. The van der Waals surface area contributed by atoms with Crippen molar-refractivity contribution in [2.24, 2.45) is 11.7 Å². The summed E-state index contributed by atoms with van der Waals surface area (Å²) >= 11 is 7.42.